The van der Waals surface area contributed by atoms with Crippen molar-refractivity contribution in [1.82, 2.24) is 14.7 Å². The van der Waals surface area contributed by atoms with Crippen molar-refractivity contribution in [3.05, 3.63) is 0 Å². The minimum absolute atomic E-state index is 0.0211. The number of ether oxygens (including phenoxy) is 1. The topological polar surface area (TPSA) is 73.3 Å². The summed E-state index contributed by atoms with van der Waals surface area (Å²) in [5.41, 5.74) is 0. The van der Waals surface area contributed by atoms with Crippen LogP contribution in [0.2, 0.25) is 0 Å². The highest BCUT2D eigenvalue weighted by Crippen LogP contribution is 2.18. The van der Waals surface area contributed by atoms with Crippen LogP contribution in [0.1, 0.15) is 32.6 Å². The van der Waals surface area contributed by atoms with Gasteiger partial charge in [-0.3, -0.25) is 9.69 Å². The molecule has 0 radical (unpaired) electrons. The van der Waals surface area contributed by atoms with Gasteiger partial charge >= 0.3 is 6.09 Å². The van der Waals surface area contributed by atoms with Gasteiger partial charge in [0.05, 0.1) is 12.6 Å². The first kappa shape index (κ1) is 18.0. The van der Waals surface area contributed by atoms with Crippen LogP contribution in [0.5, 0.6) is 0 Å². The second-order valence-corrected chi connectivity index (χ2v) is 6.48. The van der Waals surface area contributed by atoms with Crippen LogP contribution in [-0.4, -0.2) is 90.3 Å². The molecule has 0 aromatic carbocycles. The summed E-state index contributed by atoms with van der Waals surface area (Å²) in [5.74, 6) is -0.112. The van der Waals surface area contributed by atoms with E-state index in [4.69, 9.17) is 9.84 Å². The molecule has 2 heterocycles. The van der Waals surface area contributed by atoms with Gasteiger partial charge in [-0.15, -0.1) is 0 Å². The number of rotatable bonds is 6. The molecule has 1 N–H and O–H groups in total. The fourth-order valence-corrected chi connectivity index (χ4v) is 3.55. The van der Waals surface area contributed by atoms with Crippen molar-refractivity contribution in [3.8, 4) is 0 Å². The molecule has 23 heavy (non-hydrogen) atoms. The molecule has 0 aromatic rings. The van der Waals surface area contributed by atoms with Gasteiger partial charge in [0.2, 0.25) is 5.91 Å². The molecule has 0 bridgehead atoms. The maximum Gasteiger partial charge on any atom is 0.408 e. The van der Waals surface area contributed by atoms with Gasteiger partial charge in [0.25, 0.3) is 0 Å². The molecule has 2 rings (SSSR count). The van der Waals surface area contributed by atoms with E-state index in [0.29, 0.717) is 19.7 Å². The van der Waals surface area contributed by atoms with E-state index < -0.39 is 12.1 Å². The van der Waals surface area contributed by atoms with Gasteiger partial charge in [0.15, 0.2) is 0 Å². The standard InChI is InChI=1S/C16H29N3O4/c1-13-15(20)19(11-10-18(13)16(21)22)14(12-23-2)6-9-17-7-4-3-5-8-17/h13-14H,3-12H2,1-2H3,(H,21,22)/t13-,14-/m0/s1. The Bertz CT molecular complexity index is 412. The molecule has 0 unspecified atom stereocenters. The molecule has 7 heteroatoms. The highest BCUT2D eigenvalue weighted by molar-refractivity contribution is 5.86. The van der Waals surface area contributed by atoms with Gasteiger partial charge in [-0.2, -0.15) is 0 Å². The van der Waals surface area contributed by atoms with Crippen LogP contribution >= 0.6 is 0 Å². The first-order valence-electron chi connectivity index (χ1n) is 8.56. The number of amides is 2. The number of hydrogen-bond donors (Lipinski definition) is 1. The molecule has 0 aliphatic carbocycles. The van der Waals surface area contributed by atoms with E-state index >= 15 is 0 Å². The maximum atomic E-state index is 12.6. The third-order valence-corrected chi connectivity index (χ3v) is 4.96. The van der Waals surface area contributed by atoms with Crippen LogP contribution < -0.4 is 0 Å². The van der Waals surface area contributed by atoms with Gasteiger partial charge < -0.3 is 19.6 Å². The van der Waals surface area contributed by atoms with Crippen LogP contribution in [0.4, 0.5) is 4.79 Å². The van der Waals surface area contributed by atoms with E-state index in [1.165, 1.54) is 24.2 Å². The van der Waals surface area contributed by atoms with E-state index in [0.717, 1.165) is 26.1 Å². The Morgan fingerprint density at radius 2 is 1.96 bits per heavy atom. The molecule has 7 nitrogen and oxygen atoms in total. The Morgan fingerprint density at radius 3 is 2.57 bits per heavy atom. The minimum Gasteiger partial charge on any atom is -0.465 e. The molecule has 132 valence electrons. The zero-order valence-corrected chi connectivity index (χ0v) is 14.2. The fraction of sp³-hybridized carbons (Fsp3) is 0.875. The van der Waals surface area contributed by atoms with E-state index in [-0.39, 0.29) is 11.9 Å². The number of piperazine rings is 1. The average molecular weight is 327 g/mol. The molecular weight excluding hydrogens is 298 g/mol. The third kappa shape index (κ3) is 4.57. The number of carboxylic acid groups (broad SMARTS) is 1. The number of piperidine rings is 1. The fourth-order valence-electron chi connectivity index (χ4n) is 3.55. The smallest absolute Gasteiger partial charge is 0.408 e. The normalized spacial score (nSPS) is 24.8. The van der Waals surface area contributed by atoms with E-state index in [1.807, 2.05) is 4.90 Å². The van der Waals surface area contributed by atoms with Crippen LogP contribution in [0.3, 0.4) is 0 Å². The van der Waals surface area contributed by atoms with Crippen molar-refractivity contribution in [2.45, 2.75) is 44.7 Å². The molecule has 0 aromatic heterocycles. The number of likely N-dealkylation sites (tertiary alicyclic amines) is 1. The molecule has 2 atom stereocenters. The van der Waals surface area contributed by atoms with Crippen LogP contribution in [0.25, 0.3) is 0 Å². The van der Waals surface area contributed by atoms with Crippen LogP contribution in [-0.2, 0) is 9.53 Å². The molecule has 2 fully saturated rings. The van der Waals surface area contributed by atoms with Crippen molar-refractivity contribution >= 4 is 12.0 Å². The Balaban J connectivity index is 1.93. The van der Waals surface area contributed by atoms with E-state index in [2.05, 4.69) is 4.90 Å². The first-order chi connectivity index (χ1) is 11.0. The first-order valence-corrected chi connectivity index (χ1v) is 8.56. The largest absolute Gasteiger partial charge is 0.465 e. The third-order valence-electron chi connectivity index (χ3n) is 4.96. The Morgan fingerprint density at radius 1 is 1.26 bits per heavy atom. The predicted molar refractivity (Wildman–Crippen MR) is 86.5 cm³/mol. The van der Waals surface area contributed by atoms with Gasteiger partial charge in [-0.25, -0.2) is 4.79 Å². The van der Waals surface area contributed by atoms with Gasteiger partial charge in [0, 0.05) is 26.7 Å². The lowest BCUT2D eigenvalue weighted by Crippen LogP contribution is -2.60. The molecule has 0 spiro atoms. The zero-order valence-electron chi connectivity index (χ0n) is 14.2. The monoisotopic (exact) mass is 327 g/mol. The molecule has 2 amide bonds. The summed E-state index contributed by atoms with van der Waals surface area (Å²) in [7, 11) is 1.65. The van der Waals surface area contributed by atoms with Crippen molar-refractivity contribution in [1.29, 1.82) is 0 Å². The average Bonchev–Trinajstić information content (AvgIpc) is 2.55. The number of hydrogen-bond acceptors (Lipinski definition) is 4. The highest BCUT2D eigenvalue weighted by atomic mass is 16.5. The molecule has 2 saturated heterocycles. The number of carbonyl (C=O) groups excluding carboxylic acids is 1. The molecule has 2 aliphatic rings. The highest BCUT2D eigenvalue weighted by Gasteiger charge is 2.37. The second-order valence-electron chi connectivity index (χ2n) is 6.48. The van der Waals surface area contributed by atoms with Crippen molar-refractivity contribution in [2.24, 2.45) is 0 Å². The molecular formula is C16H29N3O4. The number of methoxy groups -OCH3 is 1. The lowest BCUT2D eigenvalue weighted by Gasteiger charge is -2.42. The van der Waals surface area contributed by atoms with Crippen molar-refractivity contribution in [2.75, 3.05) is 46.4 Å². The van der Waals surface area contributed by atoms with E-state index in [9.17, 15) is 9.59 Å². The molecule has 0 saturated carbocycles. The van der Waals surface area contributed by atoms with Crippen LogP contribution in [0.15, 0.2) is 0 Å². The maximum absolute atomic E-state index is 12.6. The lowest BCUT2D eigenvalue weighted by molar-refractivity contribution is -0.144. The zero-order chi connectivity index (χ0) is 16.8. The van der Waals surface area contributed by atoms with Crippen molar-refractivity contribution < 1.29 is 19.4 Å². The Labute approximate surface area is 138 Å². The summed E-state index contributed by atoms with van der Waals surface area (Å²) < 4.78 is 5.31. The second kappa shape index (κ2) is 8.49. The number of nitrogens with zero attached hydrogens (tertiary/aromatic N) is 3. The summed E-state index contributed by atoms with van der Waals surface area (Å²) in [5, 5.41) is 9.15. The Hall–Kier alpha value is -1.34. The summed E-state index contributed by atoms with van der Waals surface area (Å²) in [6.45, 7) is 6.22. The summed E-state index contributed by atoms with van der Waals surface area (Å²) in [6.07, 6.45) is 3.66. The Kier molecular flexibility index (Phi) is 6.65. The van der Waals surface area contributed by atoms with Crippen LogP contribution in [0, 0.1) is 0 Å². The van der Waals surface area contributed by atoms with Crippen molar-refractivity contribution in [3.63, 3.8) is 0 Å². The quantitative estimate of drug-likeness (QED) is 0.790. The molecule has 2 aliphatic heterocycles. The predicted octanol–water partition coefficient (Wildman–Crippen LogP) is 1.09. The summed E-state index contributed by atoms with van der Waals surface area (Å²) in [6, 6.07) is -0.594. The number of carbonyl (C=O) groups is 2. The summed E-state index contributed by atoms with van der Waals surface area (Å²) in [4.78, 5) is 29.2. The lowest BCUT2D eigenvalue weighted by atomic mass is 10.1. The van der Waals surface area contributed by atoms with Gasteiger partial charge in [-0.1, -0.05) is 6.42 Å². The summed E-state index contributed by atoms with van der Waals surface area (Å²) >= 11 is 0. The SMILES string of the molecule is COC[C@H](CCN1CCCCC1)N1CCN(C(=O)O)[C@@H](C)C1=O. The van der Waals surface area contributed by atoms with Gasteiger partial charge in [-0.05, 0) is 39.3 Å². The van der Waals surface area contributed by atoms with Gasteiger partial charge in [0.1, 0.15) is 6.04 Å². The van der Waals surface area contributed by atoms with E-state index in [1.54, 1.807) is 14.0 Å². The minimum atomic E-state index is -1.03.